The van der Waals surface area contributed by atoms with Crippen LogP contribution in [0, 0.1) is 0 Å². The molecule has 0 radical (unpaired) electrons. The molecule has 3 aromatic rings. The molecule has 1 heterocycles. The summed E-state index contributed by atoms with van der Waals surface area (Å²) < 4.78 is 6.41. The van der Waals surface area contributed by atoms with E-state index in [9.17, 15) is 0 Å². The quantitative estimate of drug-likeness (QED) is 0.626. The summed E-state index contributed by atoms with van der Waals surface area (Å²) >= 11 is 9.33. The van der Waals surface area contributed by atoms with Gasteiger partial charge in [-0.1, -0.05) is 44.8 Å². The second kappa shape index (κ2) is 7.25. The second-order valence-electron chi connectivity index (χ2n) is 5.32. The van der Waals surface area contributed by atoms with E-state index < -0.39 is 0 Å². The Balaban J connectivity index is 1.64. The fourth-order valence-corrected chi connectivity index (χ4v) is 2.61. The van der Waals surface area contributed by atoms with Crippen LogP contribution in [0.4, 0.5) is 0 Å². The van der Waals surface area contributed by atoms with Crippen molar-refractivity contribution in [2.75, 3.05) is 7.05 Å². The molecular weight excluding hydrogens is 378 g/mol. The number of hydrogen-bond donors (Lipinski definition) is 0. The van der Waals surface area contributed by atoms with Gasteiger partial charge in [0.25, 0.3) is 0 Å². The molecule has 3 rings (SSSR count). The van der Waals surface area contributed by atoms with E-state index in [0.29, 0.717) is 23.3 Å². The summed E-state index contributed by atoms with van der Waals surface area (Å²) in [7, 11) is 2.02. The van der Waals surface area contributed by atoms with Crippen LogP contribution in [-0.4, -0.2) is 22.1 Å². The zero-order valence-corrected chi connectivity index (χ0v) is 14.9. The molecule has 0 bridgehead atoms. The first-order chi connectivity index (χ1) is 11.1. The minimum atomic E-state index is 0.578. The van der Waals surface area contributed by atoms with Gasteiger partial charge in [0.1, 0.15) is 0 Å². The van der Waals surface area contributed by atoms with Gasteiger partial charge in [-0.3, -0.25) is 4.90 Å². The van der Waals surface area contributed by atoms with Crippen molar-refractivity contribution in [2.24, 2.45) is 0 Å². The topological polar surface area (TPSA) is 42.2 Å². The SMILES string of the molecule is CN(Cc1ccc(Br)cc1)Cc1nc(-c2ccc(Cl)cc2)no1. The van der Waals surface area contributed by atoms with Crippen molar-refractivity contribution in [1.82, 2.24) is 15.0 Å². The van der Waals surface area contributed by atoms with E-state index >= 15 is 0 Å². The Morgan fingerprint density at radius 1 is 1.04 bits per heavy atom. The Hall–Kier alpha value is -1.69. The third kappa shape index (κ3) is 4.41. The molecule has 0 unspecified atom stereocenters. The highest BCUT2D eigenvalue weighted by atomic mass is 79.9. The molecule has 0 saturated carbocycles. The van der Waals surface area contributed by atoms with Gasteiger partial charge >= 0.3 is 0 Å². The lowest BCUT2D eigenvalue weighted by Crippen LogP contribution is -2.17. The second-order valence-corrected chi connectivity index (χ2v) is 6.67. The number of hydrogen-bond acceptors (Lipinski definition) is 4. The summed E-state index contributed by atoms with van der Waals surface area (Å²) in [4.78, 5) is 6.56. The maximum Gasteiger partial charge on any atom is 0.241 e. The van der Waals surface area contributed by atoms with Gasteiger partial charge < -0.3 is 4.52 Å². The molecule has 2 aromatic carbocycles. The fourth-order valence-electron chi connectivity index (χ4n) is 2.22. The van der Waals surface area contributed by atoms with Crippen molar-refractivity contribution < 1.29 is 4.52 Å². The van der Waals surface area contributed by atoms with Gasteiger partial charge in [-0.15, -0.1) is 0 Å². The van der Waals surface area contributed by atoms with E-state index in [0.717, 1.165) is 16.6 Å². The molecular formula is C17H15BrClN3O. The first-order valence-electron chi connectivity index (χ1n) is 7.11. The maximum atomic E-state index is 5.89. The number of nitrogens with zero attached hydrogens (tertiary/aromatic N) is 3. The standard InChI is InChI=1S/C17H15BrClN3O/c1-22(10-12-2-6-14(18)7-3-12)11-16-20-17(21-23-16)13-4-8-15(19)9-5-13/h2-9H,10-11H2,1H3. The Kier molecular flexibility index (Phi) is 5.10. The summed E-state index contributed by atoms with van der Waals surface area (Å²) in [6, 6.07) is 15.6. The Bertz CT molecular complexity index is 771. The van der Waals surface area contributed by atoms with E-state index in [-0.39, 0.29) is 0 Å². The summed E-state index contributed by atoms with van der Waals surface area (Å²) in [5, 5.41) is 4.71. The molecule has 0 saturated heterocycles. The van der Waals surface area contributed by atoms with Crippen LogP contribution in [-0.2, 0) is 13.1 Å². The lowest BCUT2D eigenvalue weighted by Gasteiger charge is -2.14. The molecule has 6 heteroatoms. The molecule has 118 valence electrons. The predicted octanol–water partition coefficient (Wildman–Crippen LogP) is 4.78. The van der Waals surface area contributed by atoms with Gasteiger partial charge in [0.2, 0.25) is 11.7 Å². The van der Waals surface area contributed by atoms with Crippen molar-refractivity contribution in [2.45, 2.75) is 13.1 Å². The van der Waals surface area contributed by atoms with Crippen LogP contribution in [0.3, 0.4) is 0 Å². The smallest absolute Gasteiger partial charge is 0.241 e. The Labute approximate surface area is 148 Å². The molecule has 0 amide bonds. The van der Waals surface area contributed by atoms with E-state index in [1.807, 2.05) is 43.4 Å². The van der Waals surface area contributed by atoms with Crippen molar-refractivity contribution in [1.29, 1.82) is 0 Å². The van der Waals surface area contributed by atoms with Gasteiger partial charge in [0.05, 0.1) is 6.54 Å². The highest BCUT2D eigenvalue weighted by molar-refractivity contribution is 9.10. The zero-order chi connectivity index (χ0) is 16.2. The van der Waals surface area contributed by atoms with Gasteiger partial charge in [-0.2, -0.15) is 4.98 Å². The molecule has 0 aliphatic heterocycles. The average Bonchev–Trinajstić information content (AvgIpc) is 2.98. The Morgan fingerprint density at radius 3 is 2.43 bits per heavy atom. The maximum absolute atomic E-state index is 5.89. The molecule has 0 atom stereocenters. The minimum Gasteiger partial charge on any atom is -0.338 e. The van der Waals surface area contributed by atoms with Crippen LogP contribution in [0.2, 0.25) is 5.02 Å². The van der Waals surface area contributed by atoms with Crippen molar-refractivity contribution >= 4 is 27.5 Å². The van der Waals surface area contributed by atoms with Crippen LogP contribution < -0.4 is 0 Å². The van der Waals surface area contributed by atoms with Gasteiger partial charge in [0.15, 0.2) is 0 Å². The lowest BCUT2D eigenvalue weighted by atomic mass is 10.2. The van der Waals surface area contributed by atoms with E-state index in [1.165, 1.54) is 5.56 Å². The van der Waals surface area contributed by atoms with E-state index in [1.54, 1.807) is 0 Å². The minimum absolute atomic E-state index is 0.578. The summed E-state index contributed by atoms with van der Waals surface area (Å²) in [6.45, 7) is 1.41. The number of rotatable bonds is 5. The van der Waals surface area contributed by atoms with Crippen LogP contribution in [0.15, 0.2) is 57.5 Å². The first-order valence-corrected chi connectivity index (χ1v) is 8.29. The first kappa shape index (κ1) is 16.2. The van der Waals surface area contributed by atoms with Crippen molar-refractivity contribution in [3.8, 4) is 11.4 Å². The van der Waals surface area contributed by atoms with Gasteiger partial charge in [-0.05, 0) is 49.0 Å². The molecule has 0 aliphatic rings. The average molecular weight is 393 g/mol. The largest absolute Gasteiger partial charge is 0.338 e. The molecule has 23 heavy (non-hydrogen) atoms. The number of aromatic nitrogens is 2. The van der Waals surface area contributed by atoms with Crippen LogP contribution in [0.25, 0.3) is 11.4 Å². The summed E-state index contributed by atoms with van der Waals surface area (Å²) in [6.07, 6.45) is 0. The summed E-state index contributed by atoms with van der Waals surface area (Å²) in [5.74, 6) is 1.17. The number of benzene rings is 2. The summed E-state index contributed by atoms with van der Waals surface area (Å²) in [5.41, 5.74) is 2.12. The lowest BCUT2D eigenvalue weighted by molar-refractivity contribution is 0.261. The predicted molar refractivity (Wildman–Crippen MR) is 94.1 cm³/mol. The number of halogens is 2. The van der Waals surface area contributed by atoms with E-state index in [4.69, 9.17) is 16.1 Å². The highest BCUT2D eigenvalue weighted by Gasteiger charge is 2.11. The third-order valence-corrected chi connectivity index (χ3v) is 4.12. The third-order valence-electron chi connectivity index (χ3n) is 3.34. The van der Waals surface area contributed by atoms with Gasteiger partial charge in [0, 0.05) is 21.6 Å². The molecule has 1 aromatic heterocycles. The van der Waals surface area contributed by atoms with E-state index in [2.05, 4.69) is 43.1 Å². The zero-order valence-electron chi connectivity index (χ0n) is 12.5. The van der Waals surface area contributed by atoms with Crippen molar-refractivity contribution in [3.05, 3.63) is 69.5 Å². The fraction of sp³-hybridized carbons (Fsp3) is 0.176. The normalized spacial score (nSPS) is 11.1. The molecule has 0 aliphatic carbocycles. The molecule has 0 N–H and O–H groups in total. The van der Waals surface area contributed by atoms with Crippen LogP contribution in [0.1, 0.15) is 11.5 Å². The van der Waals surface area contributed by atoms with Crippen LogP contribution >= 0.6 is 27.5 Å². The van der Waals surface area contributed by atoms with Gasteiger partial charge in [-0.25, -0.2) is 0 Å². The monoisotopic (exact) mass is 391 g/mol. The Morgan fingerprint density at radius 2 is 1.74 bits per heavy atom. The van der Waals surface area contributed by atoms with Crippen molar-refractivity contribution in [3.63, 3.8) is 0 Å². The highest BCUT2D eigenvalue weighted by Crippen LogP contribution is 2.19. The molecule has 4 nitrogen and oxygen atoms in total. The van der Waals surface area contributed by atoms with Crippen LogP contribution in [0.5, 0.6) is 0 Å². The molecule has 0 fully saturated rings. The molecule has 0 spiro atoms.